The second-order valence-electron chi connectivity index (χ2n) is 11.8. The molecular weight excluding hydrogens is 534 g/mol. The van der Waals surface area contributed by atoms with Gasteiger partial charge in [-0.2, -0.15) is 0 Å². The van der Waals surface area contributed by atoms with Crippen LogP contribution in [0.5, 0.6) is 11.5 Å². The van der Waals surface area contributed by atoms with Crippen molar-refractivity contribution in [3.63, 3.8) is 0 Å². The van der Waals surface area contributed by atoms with Crippen molar-refractivity contribution in [2.75, 3.05) is 25.2 Å². The highest BCUT2D eigenvalue weighted by Gasteiger charge is 2.48. The van der Waals surface area contributed by atoms with Gasteiger partial charge in [0, 0.05) is 24.2 Å². The Labute approximate surface area is 245 Å². The van der Waals surface area contributed by atoms with Gasteiger partial charge in [-0.05, 0) is 53.2 Å². The van der Waals surface area contributed by atoms with Crippen molar-refractivity contribution >= 4 is 31.6 Å². The number of hydrogen-bond acceptors (Lipinski definition) is 6. The molecule has 0 saturated carbocycles. The van der Waals surface area contributed by atoms with Gasteiger partial charge in [0.1, 0.15) is 12.4 Å². The van der Waals surface area contributed by atoms with E-state index in [1.54, 1.807) is 29.0 Å². The average Bonchev–Trinajstić information content (AvgIpc) is 3.32. The summed E-state index contributed by atoms with van der Waals surface area (Å²) in [5, 5.41) is 0. The molecule has 1 aromatic heterocycles. The van der Waals surface area contributed by atoms with Crippen LogP contribution in [0.2, 0.25) is 16.6 Å². The third-order valence-corrected chi connectivity index (χ3v) is 14.4. The quantitative estimate of drug-likeness (QED) is 0.229. The third-order valence-electron chi connectivity index (χ3n) is 8.40. The minimum absolute atomic E-state index is 0.0646. The lowest BCUT2D eigenvalue weighted by Gasteiger charge is -2.42. The highest BCUT2D eigenvalue weighted by molar-refractivity contribution is 6.78. The molecule has 0 N–H and O–H groups in total. The number of benzene rings is 1. The minimum atomic E-state index is -2.37. The number of nitrogens with zero attached hydrogens (tertiary/aromatic N) is 3. The molecule has 220 valence electrons. The van der Waals surface area contributed by atoms with Crippen LogP contribution >= 0.6 is 0 Å². The summed E-state index contributed by atoms with van der Waals surface area (Å²) in [6, 6.07) is 7.20. The number of carbonyl (C=O) groups is 2. The fourth-order valence-corrected chi connectivity index (χ4v) is 11.7. The standard InChI is InChI=1S/C32H43N3O5Si/c1-10-13-39-32(37)35-19-26-14-25(24-12-11-23(8)33-17-24)18-34(26)31(36)27-15-29(38-9)30(16-28(27)35)40-41(20(2)3,21(4)5)22(6)7/h10-12,15-18,20-22,26H,1,13-14,19H2,2-9H3/t26-/m0/s1. The number of ether oxygens (including phenoxy) is 2. The maximum Gasteiger partial charge on any atom is 0.414 e. The molecule has 4 rings (SSSR count). The number of methoxy groups -OCH3 is 1. The topological polar surface area (TPSA) is 81.2 Å². The van der Waals surface area contributed by atoms with E-state index in [0.717, 1.165) is 16.8 Å². The first kappa shape index (κ1) is 30.4. The molecule has 2 aliphatic rings. The van der Waals surface area contributed by atoms with E-state index >= 15 is 0 Å². The summed E-state index contributed by atoms with van der Waals surface area (Å²) in [5.74, 6) is 0.816. The molecule has 0 radical (unpaired) electrons. The summed E-state index contributed by atoms with van der Waals surface area (Å²) in [6.07, 6.45) is 5.28. The monoisotopic (exact) mass is 577 g/mol. The molecule has 2 amide bonds. The summed E-state index contributed by atoms with van der Waals surface area (Å²) >= 11 is 0. The first-order valence-electron chi connectivity index (χ1n) is 14.4. The molecule has 0 aliphatic carbocycles. The molecule has 1 atom stereocenters. The van der Waals surface area contributed by atoms with Crippen LogP contribution in [0.4, 0.5) is 10.5 Å². The van der Waals surface area contributed by atoms with E-state index in [9.17, 15) is 9.59 Å². The molecule has 0 bridgehead atoms. The van der Waals surface area contributed by atoms with Gasteiger partial charge in [0.05, 0.1) is 30.9 Å². The number of aryl methyl sites for hydroxylation is 1. The first-order valence-corrected chi connectivity index (χ1v) is 16.5. The number of anilines is 1. The molecule has 1 aromatic carbocycles. The van der Waals surface area contributed by atoms with Crippen LogP contribution in [-0.2, 0) is 4.74 Å². The Bertz CT molecular complexity index is 1310. The van der Waals surface area contributed by atoms with E-state index in [-0.39, 0.29) is 25.1 Å². The molecule has 8 nitrogen and oxygen atoms in total. The Morgan fingerprint density at radius 2 is 1.80 bits per heavy atom. The number of carbonyl (C=O) groups excluding carboxylic acids is 2. The molecule has 0 unspecified atom stereocenters. The summed E-state index contributed by atoms with van der Waals surface area (Å²) in [5.41, 5.74) is 4.67. The molecule has 0 fully saturated rings. The van der Waals surface area contributed by atoms with Gasteiger partial charge in [-0.25, -0.2) is 4.79 Å². The van der Waals surface area contributed by atoms with E-state index in [4.69, 9.17) is 13.9 Å². The van der Waals surface area contributed by atoms with Gasteiger partial charge in [0.15, 0.2) is 5.75 Å². The Morgan fingerprint density at radius 3 is 2.37 bits per heavy atom. The Hall–Kier alpha value is -3.59. The van der Waals surface area contributed by atoms with Gasteiger partial charge >= 0.3 is 6.09 Å². The molecule has 3 heterocycles. The number of aromatic nitrogens is 1. The largest absolute Gasteiger partial charge is 0.540 e. The minimum Gasteiger partial charge on any atom is -0.540 e. The van der Waals surface area contributed by atoms with Gasteiger partial charge in [-0.15, -0.1) is 0 Å². The number of fused-ring (bicyclic) bond motifs is 2. The van der Waals surface area contributed by atoms with Crippen molar-refractivity contribution in [2.24, 2.45) is 0 Å². The van der Waals surface area contributed by atoms with Crippen LogP contribution in [0.3, 0.4) is 0 Å². The van der Waals surface area contributed by atoms with Crippen LogP contribution in [0.25, 0.3) is 5.57 Å². The Morgan fingerprint density at radius 1 is 1.12 bits per heavy atom. The highest BCUT2D eigenvalue weighted by atomic mass is 28.4. The van der Waals surface area contributed by atoms with Crippen molar-refractivity contribution in [3.8, 4) is 11.5 Å². The Kier molecular flexibility index (Phi) is 8.96. The summed E-state index contributed by atoms with van der Waals surface area (Å²) in [6.45, 7) is 19.2. The first-order chi connectivity index (χ1) is 19.4. The smallest absolute Gasteiger partial charge is 0.414 e. The van der Waals surface area contributed by atoms with Gasteiger partial charge in [0.25, 0.3) is 14.2 Å². The zero-order valence-corrected chi connectivity index (χ0v) is 26.6. The van der Waals surface area contributed by atoms with E-state index in [2.05, 4.69) is 53.1 Å². The Balaban J connectivity index is 1.85. The lowest BCUT2D eigenvalue weighted by molar-refractivity contribution is 0.0794. The SMILES string of the molecule is C=CCOC(=O)N1C[C@@H]2CC(c3ccc(C)nc3)=CN2C(=O)c2cc(OC)c(O[Si](C(C)C)(C(C)C)C(C)C)cc21. The van der Waals surface area contributed by atoms with E-state index in [0.29, 0.717) is 45.8 Å². The lowest BCUT2D eigenvalue weighted by atomic mass is 10.0. The summed E-state index contributed by atoms with van der Waals surface area (Å²) in [7, 11) is -0.794. The van der Waals surface area contributed by atoms with Gasteiger partial charge in [0.2, 0.25) is 0 Å². The fourth-order valence-electron chi connectivity index (χ4n) is 6.46. The maximum atomic E-state index is 14.1. The van der Waals surface area contributed by atoms with Crippen molar-refractivity contribution < 1.29 is 23.5 Å². The van der Waals surface area contributed by atoms with Crippen LogP contribution < -0.4 is 14.1 Å². The number of hydrogen-bond donors (Lipinski definition) is 0. The molecule has 9 heteroatoms. The third kappa shape index (κ3) is 5.64. The predicted molar refractivity (Wildman–Crippen MR) is 165 cm³/mol. The van der Waals surface area contributed by atoms with Crippen LogP contribution in [0.1, 0.15) is 69.6 Å². The van der Waals surface area contributed by atoms with Crippen molar-refractivity contribution in [1.29, 1.82) is 0 Å². The lowest BCUT2D eigenvalue weighted by Crippen LogP contribution is -2.50. The summed E-state index contributed by atoms with van der Waals surface area (Å²) in [4.78, 5) is 35.3. The van der Waals surface area contributed by atoms with Gasteiger partial charge < -0.3 is 18.8 Å². The van der Waals surface area contributed by atoms with E-state index < -0.39 is 14.4 Å². The number of amides is 2. The zero-order chi connectivity index (χ0) is 30.1. The molecule has 2 aliphatic heterocycles. The number of rotatable bonds is 9. The maximum absolute atomic E-state index is 14.1. The zero-order valence-electron chi connectivity index (χ0n) is 25.6. The molecular formula is C32H43N3O5Si. The van der Waals surface area contributed by atoms with Gasteiger partial charge in [-0.3, -0.25) is 14.7 Å². The van der Waals surface area contributed by atoms with Crippen molar-refractivity contribution in [3.05, 3.63) is 66.1 Å². The highest BCUT2D eigenvalue weighted by Crippen LogP contribution is 2.47. The normalized spacial score (nSPS) is 16.9. The molecule has 0 saturated heterocycles. The average molecular weight is 578 g/mol. The van der Waals surface area contributed by atoms with Crippen LogP contribution in [0.15, 0.2) is 49.3 Å². The second kappa shape index (κ2) is 12.1. The van der Waals surface area contributed by atoms with E-state index in [1.807, 2.05) is 31.5 Å². The molecule has 2 aromatic rings. The van der Waals surface area contributed by atoms with Crippen LogP contribution in [0, 0.1) is 6.92 Å². The van der Waals surface area contributed by atoms with Crippen molar-refractivity contribution in [1.82, 2.24) is 9.88 Å². The van der Waals surface area contributed by atoms with E-state index in [1.165, 1.54) is 6.08 Å². The number of pyridine rings is 1. The summed E-state index contributed by atoms with van der Waals surface area (Å²) < 4.78 is 18.3. The second-order valence-corrected chi connectivity index (χ2v) is 17.2. The fraction of sp³-hybridized carbons (Fsp3) is 0.469. The van der Waals surface area contributed by atoms with Gasteiger partial charge in [-0.1, -0.05) is 60.3 Å². The molecule has 0 spiro atoms. The predicted octanol–water partition coefficient (Wildman–Crippen LogP) is 7.35. The molecule has 41 heavy (non-hydrogen) atoms. The van der Waals surface area contributed by atoms with Crippen LogP contribution in [-0.4, -0.2) is 56.5 Å². The van der Waals surface area contributed by atoms with Crippen molar-refractivity contribution in [2.45, 2.75) is 77.6 Å².